The molecule has 1 unspecified atom stereocenters. The summed E-state index contributed by atoms with van der Waals surface area (Å²) in [5.74, 6) is -1.21. The highest BCUT2D eigenvalue weighted by Gasteiger charge is 2.33. The van der Waals surface area contributed by atoms with Crippen molar-refractivity contribution in [2.24, 2.45) is 0 Å². The zero-order valence-corrected chi connectivity index (χ0v) is 19.0. The zero-order valence-electron chi connectivity index (χ0n) is 18.2. The van der Waals surface area contributed by atoms with Crippen molar-refractivity contribution in [3.8, 4) is 0 Å². The van der Waals surface area contributed by atoms with Gasteiger partial charge in [0.05, 0.1) is 11.9 Å². The number of rotatable bonds is 6. The molecule has 3 aliphatic heterocycles. The molecule has 0 spiro atoms. The topological polar surface area (TPSA) is 38.8 Å². The first-order valence-corrected chi connectivity index (χ1v) is 12.1. The predicted molar refractivity (Wildman–Crippen MR) is 122 cm³/mol. The van der Waals surface area contributed by atoms with Gasteiger partial charge in [0.15, 0.2) is 0 Å². The molecule has 5 nitrogen and oxygen atoms in total. The van der Waals surface area contributed by atoms with E-state index in [0.717, 1.165) is 63.4 Å². The average Bonchev–Trinajstić information content (AvgIpc) is 3.10. The number of nitrogens with one attached hydrogen (secondary N) is 1. The molecule has 4 rings (SSSR count). The molecular weight excluding hydrogens is 418 g/mol. The molecule has 0 bridgehead atoms. The fourth-order valence-corrected chi connectivity index (χ4v) is 5.88. The van der Waals surface area contributed by atoms with Gasteiger partial charge in [0.1, 0.15) is 11.7 Å². The lowest BCUT2D eigenvalue weighted by Crippen LogP contribution is -2.55. The highest BCUT2D eigenvalue weighted by molar-refractivity contribution is 8.04. The van der Waals surface area contributed by atoms with E-state index < -0.39 is 11.7 Å². The maximum absolute atomic E-state index is 13.8. The summed E-state index contributed by atoms with van der Waals surface area (Å²) >= 11 is 1.66. The van der Waals surface area contributed by atoms with E-state index >= 15 is 0 Å². The summed E-state index contributed by atoms with van der Waals surface area (Å²) in [4.78, 5) is 20.8. The molecule has 0 aromatic heterocycles. The molecule has 2 fully saturated rings. The predicted octanol–water partition coefficient (Wildman–Crippen LogP) is 3.55. The number of carbonyl (C=O) groups excluding carboxylic acids is 1. The first kappa shape index (κ1) is 22.6. The normalized spacial score (nSPS) is 26.5. The van der Waals surface area contributed by atoms with E-state index in [9.17, 15) is 13.6 Å². The van der Waals surface area contributed by atoms with Gasteiger partial charge in [-0.25, -0.2) is 8.78 Å². The van der Waals surface area contributed by atoms with Crippen LogP contribution < -0.4 is 5.32 Å². The molecule has 1 saturated heterocycles. The van der Waals surface area contributed by atoms with Gasteiger partial charge >= 0.3 is 0 Å². The molecule has 0 aromatic rings. The summed E-state index contributed by atoms with van der Waals surface area (Å²) < 4.78 is 26.6. The Bertz CT molecular complexity index is 812. The molecule has 170 valence electrons. The Kier molecular flexibility index (Phi) is 7.19. The SMILES string of the molecule is C=C(F)/C=C(F)\C=C(/C)C1NC2=C(CN(CC(=O)N3CCN(C4CCC4)CC3)CC2)S1. The van der Waals surface area contributed by atoms with E-state index in [-0.39, 0.29) is 11.3 Å². The monoisotopic (exact) mass is 450 g/mol. The number of allylic oxidation sites excluding steroid dienone is 4. The van der Waals surface area contributed by atoms with Crippen LogP contribution in [0.1, 0.15) is 32.6 Å². The lowest BCUT2D eigenvalue weighted by Gasteiger charge is -2.43. The van der Waals surface area contributed by atoms with Gasteiger partial charge in [0, 0.05) is 68.4 Å². The largest absolute Gasteiger partial charge is 0.372 e. The van der Waals surface area contributed by atoms with Gasteiger partial charge in [-0.1, -0.05) is 24.8 Å². The molecule has 1 amide bonds. The van der Waals surface area contributed by atoms with E-state index in [2.05, 4.69) is 21.7 Å². The fraction of sp³-hybridized carbons (Fsp3) is 0.609. The second-order valence-corrected chi connectivity index (χ2v) is 10.1. The number of hydrogen-bond donors (Lipinski definition) is 1. The third-order valence-electron chi connectivity index (χ3n) is 6.64. The Morgan fingerprint density at radius 2 is 1.94 bits per heavy atom. The Labute approximate surface area is 187 Å². The lowest BCUT2D eigenvalue weighted by atomic mass is 9.91. The number of nitrogens with zero attached hydrogens (tertiary/aromatic N) is 3. The van der Waals surface area contributed by atoms with Crippen LogP contribution in [0.15, 0.2) is 46.6 Å². The summed E-state index contributed by atoms with van der Waals surface area (Å²) in [6.45, 7) is 10.6. The van der Waals surface area contributed by atoms with E-state index in [1.807, 2.05) is 11.8 Å². The van der Waals surface area contributed by atoms with E-state index in [4.69, 9.17) is 0 Å². The van der Waals surface area contributed by atoms with E-state index in [1.54, 1.807) is 11.8 Å². The van der Waals surface area contributed by atoms with Crippen molar-refractivity contribution in [2.45, 2.75) is 44.0 Å². The summed E-state index contributed by atoms with van der Waals surface area (Å²) in [6, 6.07) is 0.752. The van der Waals surface area contributed by atoms with Crippen molar-refractivity contribution >= 4 is 17.7 Å². The third kappa shape index (κ3) is 5.59. The Balaban J connectivity index is 1.25. The lowest BCUT2D eigenvalue weighted by molar-refractivity contribution is -0.134. The second kappa shape index (κ2) is 9.88. The molecule has 3 heterocycles. The first-order valence-electron chi connectivity index (χ1n) is 11.2. The molecule has 0 radical (unpaired) electrons. The number of halogens is 2. The van der Waals surface area contributed by atoms with Crippen LogP contribution in [-0.2, 0) is 4.79 Å². The number of thioether (sulfide) groups is 1. The molecular formula is C23H32F2N4OS. The Hall–Kier alpha value is -1.64. The number of hydrogen-bond acceptors (Lipinski definition) is 5. The fourth-order valence-electron chi connectivity index (χ4n) is 4.58. The number of amides is 1. The average molecular weight is 451 g/mol. The molecule has 8 heteroatoms. The molecule has 1 saturated carbocycles. The van der Waals surface area contributed by atoms with Crippen LogP contribution in [0.25, 0.3) is 0 Å². The summed E-state index contributed by atoms with van der Waals surface area (Å²) in [6.07, 6.45) is 6.96. The van der Waals surface area contributed by atoms with Gasteiger partial charge < -0.3 is 10.2 Å². The smallest absolute Gasteiger partial charge is 0.236 e. The molecule has 31 heavy (non-hydrogen) atoms. The Morgan fingerprint density at radius 3 is 2.58 bits per heavy atom. The van der Waals surface area contributed by atoms with Crippen molar-refractivity contribution in [2.75, 3.05) is 45.8 Å². The van der Waals surface area contributed by atoms with Gasteiger partial charge in [-0.3, -0.25) is 14.6 Å². The standard InChI is InChI=1S/C23H32F2N4OS/c1-16(12-18(25)13-17(2)24)23-26-20-6-7-27(14-21(20)31-23)15-22(30)29-10-8-28(9-11-29)19-4-3-5-19/h12-13,19,23,26H,2-11,14-15H2,1H3/b16-12+,18-13+. The Morgan fingerprint density at radius 1 is 1.19 bits per heavy atom. The maximum atomic E-state index is 13.8. The highest BCUT2D eigenvalue weighted by atomic mass is 32.2. The van der Waals surface area contributed by atoms with Crippen LogP contribution >= 0.6 is 11.8 Å². The number of piperazine rings is 1. The van der Waals surface area contributed by atoms with Gasteiger partial charge in [0.2, 0.25) is 5.91 Å². The molecule has 1 N–H and O–H groups in total. The zero-order chi connectivity index (χ0) is 22.0. The van der Waals surface area contributed by atoms with Crippen LogP contribution in [0.2, 0.25) is 0 Å². The van der Waals surface area contributed by atoms with Crippen LogP contribution in [0.5, 0.6) is 0 Å². The molecule has 4 aliphatic rings. The minimum atomic E-state index is -0.796. The maximum Gasteiger partial charge on any atom is 0.236 e. The highest BCUT2D eigenvalue weighted by Crippen LogP contribution is 2.38. The molecule has 1 atom stereocenters. The molecule has 0 aromatic carbocycles. The van der Waals surface area contributed by atoms with Crippen LogP contribution in [-0.4, -0.2) is 77.8 Å². The van der Waals surface area contributed by atoms with E-state index in [0.29, 0.717) is 6.54 Å². The van der Waals surface area contributed by atoms with E-state index in [1.165, 1.54) is 35.9 Å². The van der Waals surface area contributed by atoms with Crippen molar-refractivity contribution in [3.63, 3.8) is 0 Å². The van der Waals surface area contributed by atoms with Crippen molar-refractivity contribution in [1.82, 2.24) is 20.0 Å². The van der Waals surface area contributed by atoms with Crippen LogP contribution in [0.3, 0.4) is 0 Å². The summed E-state index contributed by atoms with van der Waals surface area (Å²) in [5, 5.41) is 3.39. The molecule has 1 aliphatic carbocycles. The van der Waals surface area contributed by atoms with Crippen LogP contribution in [0.4, 0.5) is 8.78 Å². The van der Waals surface area contributed by atoms with Gasteiger partial charge in [0.25, 0.3) is 0 Å². The summed E-state index contributed by atoms with van der Waals surface area (Å²) in [7, 11) is 0. The quantitative estimate of drug-likeness (QED) is 0.627. The minimum absolute atomic E-state index is 0.0627. The van der Waals surface area contributed by atoms with Gasteiger partial charge in [-0.15, -0.1) is 0 Å². The van der Waals surface area contributed by atoms with Crippen molar-refractivity contribution in [1.29, 1.82) is 0 Å². The van der Waals surface area contributed by atoms with Crippen molar-refractivity contribution < 1.29 is 13.6 Å². The van der Waals surface area contributed by atoms with Crippen LogP contribution in [0, 0.1) is 0 Å². The number of carbonyl (C=O) groups is 1. The van der Waals surface area contributed by atoms with Crippen molar-refractivity contribution in [3.05, 3.63) is 46.6 Å². The first-order chi connectivity index (χ1) is 14.9. The van der Waals surface area contributed by atoms with Gasteiger partial charge in [-0.05, 0) is 31.4 Å². The second-order valence-electron chi connectivity index (χ2n) is 8.87. The van der Waals surface area contributed by atoms with Gasteiger partial charge in [-0.2, -0.15) is 0 Å². The minimum Gasteiger partial charge on any atom is -0.372 e. The third-order valence-corrected chi connectivity index (χ3v) is 8.02. The summed E-state index contributed by atoms with van der Waals surface area (Å²) in [5.41, 5.74) is 1.97.